The summed E-state index contributed by atoms with van der Waals surface area (Å²) in [5.74, 6) is 11.5. The Morgan fingerprint density at radius 3 is 1.06 bits per heavy atom. The molecule has 8 aromatic carbocycles. The zero-order valence-corrected chi connectivity index (χ0v) is 38.1. The van der Waals surface area contributed by atoms with Crippen LogP contribution in [0.2, 0.25) is 0 Å². The van der Waals surface area contributed by atoms with Crippen molar-refractivity contribution in [3.63, 3.8) is 0 Å². The van der Waals surface area contributed by atoms with E-state index in [9.17, 15) is 4.79 Å². The van der Waals surface area contributed by atoms with E-state index in [0.29, 0.717) is 72.9 Å². The van der Waals surface area contributed by atoms with Gasteiger partial charge in [-0.3, -0.25) is 0 Å². The first-order valence-corrected chi connectivity index (χ1v) is 22.6. The standard InChI is InChI=1S/C61H50O8/c1-2-52-27-15-16-28-53(52)29-17-18-30-63-61(62)54-35-59(68-44-50-31-55(64-40-46-19-7-3-8-20-46)37-56(32-50)65-41-47-21-9-4-10-22-47)39-60(36-54)69-45-51-33-57(66-42-48-23-11-5-12-24-48)38-58(34-51)67-43-49-25-13-6-14-26-49/h1,3-16,19-28,31-39H,18,30,40-45H2. The van der Waals surface area contributed by atoms with E-state index in [1.165, 1.54) is 0 Å². The monoisotopic (exact) mass is 910 g/mol. The van der Waals surface area contributed by atoms with Gasteiger partial charge in [-0.2, -0.15) is 0 Å². The lowest BCUT2D eigenvalue weighted by Gasteiger charge is -2.16. The molecule has 0 saturated heterocycles. The van der Waals surface area contributed by atoms with E-state index >= 15 is 0 Å². The second kappa shape index (κ2) is 24.6. The fourth-order valence-corrected chi connectivity index (χ4v) is 7.07. The fraction of sp³-hybridized carbons (Fsp3) is 0.131. The Hall–Kier alpha value is -8.85. The maximum Gasteiger partial charge on any atom is 0.338 e. The third-order valence-corrected chi connectivity index (χ3v) is 10.6. The van der Waals surface area contributed by atoms with Crippen molar-refractivity contribution in [2.75, 3.05) is 6.61 Å². The Labute approximate surface area is 404 Å². The summed E-state index contributed by atoms with van der Waals surface area (Å²) < 4.78 is 43.6. The molecule has 0 amide bonds. The first-order chi connectivity index (χ1) is 34.0. The number of carbonyl (C=O) groups is 1. The SMILES string of the molecule is C#Cc1ccccc1C#CCCOC(=O)c1cc(OCc2cc(OCc3ccccc3)cc(OCc3ccccc3)c2)cc(OCc2cc(OCc3ccccc3)cc(OCc3ccccc3)c2)c1. The third-order valence-electron chi connectivity index (χ3n) is 10.6. The zero-order chi connectivity index (χ0) is 47.3. The molecule has 0 atom stereocenters. The molecule has 8 nitrogen and oxygen atoms in total. The van der Waals surface area contributed by atoms with Crippen LogP contribution in [0, 0.1) is 24.2 Å². The smallest absolute Gasteiger partial charge is 0.338 e. The number of ether oxygens (including phenoxy) is 7. The van der Waals surface area contributed by atoms with Gasteiger partial charge in [0.2, 0.25) is 0 Å². The van der Waals surface area contributed by atoms with Crippen LogP contribution in [0.25, 0.3) is 0 Å². The molecule has 0 aliphatic rings. The van der Waals surface area contributed by atoms with Gasteiger partial charge < -0.3 is 33.2 Å². The van der Waals surface area contributed by atoms with E-state index < -0.39 is 5.97 Å². The molecule has 8 heteroatoms. The maximum absolute atomic E-state index is 13.7. The van der Waals surface area contributed by atoms with E-state index in [0.717, 1.165) is 38.9 Å². The summed E-state index contributed by atoms with van der Waals surface area (Å²) in [5, 5.41) is 0. The van der Waals surface area contributed by atoms with Gasteiger partial charge in [0.25, 0.3) is 0 Å². The van der Waals surface area contributed by atoms with Crippen LogP contribution in [0.3, 0.4) is 0 Å². The van der Waals surface area contributed by atoms with Crippen LogP contribution in [-0.4, -0.2) is 12.6 Å². The van der Waals surface area contributed by atoms with Gasteiger partial charge >= 0.3 is 5.97 Å². The molecule has 0 bridgehead atoms. The third kappa shape index (κ3) is 14.8. The average molecular weight is 911 g/mol. The van der Waals surface area contributed by atoms with Crippen molar-refractivity contribution >= 4 is 5.97 Å². The first-order valence-electron chi connectivity index (χ1n) is 22.6. The number of terminal acetylenes is 1. The van der Waals surface area contributed by atoms with Crippen molar-refractivity contribution in [1.29, 1.82) is 0 Å². The Balaban J connectivity index is 1.02. The van der Waals surface area contributed by atoms with E-state index in [1.54, 1.807) is 18.2 Å². The molecule has 342 valence electrons. The number of rotatable bonds is 21. The molecule has 0 radical (unpaired) electrons. The molecule has 0 fully saturated rings. The number of benzene rings is 8. The van der Waals surface area contributed by atoms with Gasteiger partial charge in [0.05, 0.1) is 5.56 Å². The second-order valence-electron chi connectivity index (χ2n) is 15.9. The molecule has 0 saturated carbocycles. The minimum Gasteiger partial charge on any atom is -0.489 e. The summed E-state index contributed by atoms with van der Waals surface area (Å²) in [7, 11) is 0. The van der Waals surface area contributed by atoms with Crippen molar-refractivity contribution < 1.29 is 38.0 Å². The molecule has 8 aromatic rings. The van der Waals surface area contributed by atoms with Gasteiger partial charge in [0.15, 0.2) is 0 Å². The van der Waals surface area contributed by atoms with E-state index in [1.807, 2.05) is 182 Å². The zero-order valence-electron chi connectivity index (χ0n) is 38.1. The topological polar surface area (TPSA) is 81.7 Å². The molecular weight excluding hydrogens is 861 g/mol. The molecule has 0 aliphatic carbocycles. The van der Waals surface area contributed by atoms with Crippen molar-refractivity contribution in [2.45, 2.75) is 46.1 Å². The van der Waals surface area contributed by atoms with Crippen molar-refractivity contribution in [3.05, 3.63) is 250 Å². The summed E-state index contributed by atoms with van der Waals surface area (Å²) in [5.41, 5.74) is 7.40. The minimum atomic E-state index is -0.558. The lowest BCUT2D eigenvalue weighted by Crippen LogP contribution is -2.08. The Bertz CT molecular complexity index is 2730. The number of carbonyl (C=O) groups excluding carboxylic acids is 1. The highest BCUT2D eigenvalue weighted by Gasteiger charge is 2.15. The van der Waals surface area contributed by atoms with Crippen LogP contribution in [0.15, 0.2) is 200 Å². The number of esters is 1. The van der Waals surface area contributed by atoms with E-state index in [2.05, 4.69) is 17.8 Å². The minimum absolute atomic E-state index is 0.0639. The van der Waals surface area contributed by atoms with Gasteiger partial charge in [-0.25, -0.2) is 4.79 Å². The van der Waals surface area contributed by atoms with Gasteiger partial charge in [-0.15, -0.1) is 6.42 Å². The quantitative estimate of drug-likeness (QED) is 0.0401. The lowest BCUT2D eigenvalue weighted by atomic mass is 10.1. The van der Waals surface area contributed by atoms with Crippen LogP contribution in [0.1, 0.15) is 61.3 Å². The predicted molar refractivity (Wildman–Crippen MR) is 267 cm³/mol. The summed E-state index contributed by atoms with van der Waals surface area (Å²) in [6.07, 6.45) is 5.95. The summed E-state index contributed by atoms with van der Waals surface area (Å²) in [4.78, 5) is 13.7. The lowest BCUT2D eigenvalue weighted by molar-refractivity contribution is 0.0512. The molecule has 0 aliphatic heterocycles. The van der Waals surface area contributed by atoms with Crippen LogP contribution >= 0.6 is 0 Å². The van der Waals surface area contributed by atoms with Crippen LogP contribution in [0.5, 0.6) is 34.5 Å². The van der Waals surface area contributed by atoms with Crippen LogP contribution in [0.4, 0.5) is 0 Å². The number of hydrogen-bond donors (Lipinski definition) is 0. The first kappa shape index (κ1) is 46.7. The van der Waals surface area contributed by atoms with Crippen molar-refractivity contribution in [2.24, 2.45) is 0 Å². The summed E-state index contributed by atoms with van der Waals surface area (Å²) >= 11 is 0. The molecule has 0 unspecified atom stereocenters. The predicted octanol–water partition coefficient (Wildman–Crippen LogP) is 12.7. The van der Waals surface area contributed by atoms with Crippen LogP contribution < -0.4 is 28.4 Å². The van der Waals surface area contributed by atoms with Gasteiger partial charge in [-0.1, -0.05) is 151 Å². The molecule has 0 spiro atoms. The highest BCUT2D eigenvalue weighted by atomic mass is 16.5. The Kier molecular flexibility index (Phi) is 16.6. The molecule has 0 N–H and O–H groups in total. The molecule has 69 heavy (non-hydrogen) atoms. The largest absolute Gasteiger partial charge is 0.489 e. The highest BCUT2D eigenvalue weighted by molar-refractivity contribution is 5.90. The van der Waals surface area contributed by atoms with Gasteiger partial charge in [-0.05, 0) is 81.9 Å². The second-order valence-corrected chi connectivity index (χ2v) is 15.9. The van der Waals surface area contributed by atoms with Gasteiger partial charge in [0.1, 0.15) is 80.7 Å². The van der Waals surface area contributed by atoms with Crippen molar-refractivity contribution in [3.8, 4) is 58.7 Å². The molecular formula is C61H50O8. The fourth-order valence-electron chi connectivity index (χ4n) is 7.07. The normalized spacial score (nSPS) is 10.4. The molecule has 0 aromatic heterocycles. The Morgan fingerprint density at radius 1 is 0.377 bits per heavy atom. The van der Waals surface area contributed by atoms with E-state index in [-0.39, 0.29) is 25.4 Å². The summed E-state index contributed by atoms with van der Waals surface area (Å²) in [6, 6.07) is 63.7. The molecule has 0 heterocycles. The van der Waals surface area contributed by atoms with Gasteiger partial charge in [0, 0.05) is 35.7 Å². The number of hydrogen-bond acceptors (Lipinski definition) is 8. The highest BCUT2D eigenvalue weighted by Crippen LogP contribution is 2.30. The average Bonchev–Trinajstić information content (AvgIpc) is 3.40. The Morgan fingerprint density at radius 2 is 0.696 bits per heavy atom. The summed E-state index contributed by atoms with van der Waals surface area (Å²) in [6.45, 7) is 1.82. The molecule has 8 rings (SSSR count). The van der Waals surface area contributed by atoms with Crippen molar-refractivity contribution in [1.82, 2.24) is 0 Å². The maximum atomic E-state index is 13.7. The van der Waals surface area contributed by atoms with Crippen LogP contribution in [-0.2, 0) is 44.4 Å². The van der Waals surface area contributed by atoms with E-state index in [4.69, 9.17) is 39.6 Å².